The van der Waals surface area contributed by atoms with Gasteiger partial charge >= 0.3 is 7.60 Å². The van der Waals surface area contributed by atoms with Gasteiger partial charge in [0, 0.05) is 35.8 Å². The van der Waals surface area contributed by atoms with Crippen LogP contribution in [0.3, 0.4) is 0 Å². The second kappa shape index (κ2) is 9.54. The lowest BCUT2D eigenvalue weighted by atomic mass is 10.1. The maximum absolute atomic E-state index is 13.2. The first-order valence-electron chi connectivity index (χ1n) is 11.0. The number of amides is 2. The lowest BCUT2D eigenvalue weighted by molar-refractivity contribution is -0.138. The van der Waals surface area contributed by atoms with Crippen molar-refractivity contribution in [3.8, 4) is 0 Å². The van der Waals surface area contributed by atoms with Crippen LogP contribution >= 0.6 is 7.60 Å². The summed E-state index contributed by atoms with van der Waals surface area (Å²) in [4.78, 5) is 58.7. The fourth-order valence-corrected chi connectivity index (χ4v) is 4.92. The lowest BCUT2D eigenvalue weighted by Crippen LogP contribution is -2.46. The molecule has 0 spiro atoms. The van der Waals surface area contributed by atoms with Crippen LogP contribution in [-0.4, -0.2) is 49.4 Å². The van der Waals surface area contributed by atoms with Gasteiger partial charge in [-0.1, -0.05) is 30.3 Å². The standard InChI is InChI=1S/C24H26N3O6P/c1-16(28)20-14-26(21-10-9-18(12-19(20)21)34(31,32)33)15-23(29)27-11-5-8-22(27)24(30)25-13-17-6-3-2-4-7-17/h2-4,6-7,9-10,12,14,22H,5,8,11,13,15H2,1H3,(H,25,30)(H2,31,32,33)/t22-/m0/s1. The molecule has 1 fully saturated rings. The Morgan fingerprint density at radius 1 is 1.12 bits per heavy atom. The van der Waals surface area contributed by atoms with Crippen molar-refractivity contribution >= 4 is 41.4 Å². The molecule has 2 amide bonds. The SMILES string of the molecule is CC(=O)c1cn(CC(=O)N2CCC[C@H]2C(=O)NCc2ccccc2)c2ccc(P(=O)(O)O)cc12. The van der Waals surface area contributed by atoms with Crippen molar-refractivity contribution < 1.29 is 28.7 Å². The average Bonchev–Trinajstić information content (AvgIpc) is 3.43. The largest absolute Gasteiger partial charge is 0.356 e. The van der Waals surface area contributed by atoms with Crippen LogP contribution in [0.2, 0.25) is 0 Å². The zero-order valence-corrected chi connectivity index (χ0v) is 19.6. The average molecular weight is 483 g/mol. The van der Waals surface area contributed by atoms with E-state index in [1.54, 1.807) is 9.47 Å². The molecule has 34 heavy (non-hydrogen) atoms. The number of rotatable bonds is 7. The number of nitrogens with zero attached hydrogens (tertiary/aromatic N) is 2. The molecule has 0 aliphatic carbocycles. The van der Waals surface area contributed by atoms with E-state index in [-0.39, 0.29) is 35.0 Å². The summed E-state index contributed by atoms with van der Waals surface area (Å²) in [5.74, 6) is -0.746. The summed E-state index contributed by atoms with van der Waals surface area (Å²) >= 11 is 0. The summed E-state index contributed by atoms with van der Waals surface area (Å²) in [6, 6.07) is 13.0. The number of nitrogens with one attached hydrogen (secondary N) is 1. The van der Waals surface area contributed by atoms with Gasteiger partial charge in [-0.25, -0.2) is 0 Å². The van der Waals surface area contributed by atoms with Gasteiger partial charge in [-0.15, -0.1) is 0 Å². The third-order valence-electron chi connectivity index (χ3n) is 6.07. The first-order valence-corrected chi connectivity index (χ1v) is 12.6. The molecule has 2 heterocycles. The van der Waals surface area contributed by atoms with Gasteiger partial charge in [0.25, 0.3) is 0 Å². The van der Waals surface area contributed by atoms with Gasteiger partial charge < -0.3 is 24.6 Å². The predicted molar refractivity (Wildman–Crippen MR) is 127 cm³/mol. The van der Waals surface area contributed by atoms with Crippen LogP contribution in [0.5, 0.6) is 0 Å². The van der Waals surface area contributed by atoms with Crippen LogP contribution in [-0.2, 0) is 27.2 Å². The third-order valence-corrected chi connectivity index (χ3v) is 7.02. The van der Waals surface area contributed by atoms with Crippen LogP contribution in [0.25, 0.3) is 10.9 Å². The molecule has 1 aromatic heterocycles. The number of hydrogen-bond acceptors (Lipinski definition) is 4. The van der Waals surface area contributed by atoms with Crippen molar-refractivity contribution in [1.82, 2.24) is 14.8 Å². The van der Waals surface area contributed by atoms with Crippen LogP contribution in [0.15, 0.2) is 54.7 Å². The second-order valence-corrected chi connectivity index (χ2v) is 10.0. The summed E-state index contributed by atoms with van der Waals surface area (Å²) in [5, 5.41) is 3.08. The Morgan fingerprint density at radius 3 is 2.53 bits per heavy atom. The van der Waals surface area contributed by atoms with E-state index in [1.807, 2.05) is 30.3 Å². The van der Waals surface area contributed by atoms with Crippen molar-refractivity contribution in [3.05, 3.63) is 65.9 Å². The minimum Gasteiger partial charge on any atom is -0.350 e. The molecule has 0 radical (unpaired) electrons. The van der Waals surface area contributed by atoms with Crippen molar-refractivity contribution in [2.75, 3.05) is 6.54 Å². The summed E-state index contributed by atoms with van der Waals surface area (Å²) in [7, 11) is -4.50. The van der Waals surface area contributed by atoms with Gasteiger partial charge in [-0.2, -0.15) is 0 Å². The normalized spacial score (nSPS) is 16.1. The molecular formula is C24H26N3O6P. The number of carbonyl (C=O) groups is 3. The van der Waals surface area contributed by atoms with E-state index in [0.717, 1.165) is 5.56 Å². The van der Waals surface area contributed by atoms with Gasteiger partial charge in [-0.3, -0.25) is 18.9 Å². The molecular weight excluding hydrogens is 457 g/mol. The maximum atomic E-state index is 13.2. The van der Waals surface area contributed by atoms with Gasteiger partial charge in [0.05, 0.1) is 5.30 Å². The number of ketones is 1. The Balaban J connectivity index is 1.53. The smallest absolute Gasteiger partial charge is 0.350 e. The van der Waals surface area contributed by atoms with E-state index in [0.29, 0.717) is 36.8 Å². The molecule has 1 aliphatic rings. The Morgan fingerprint density at radius 2 is 1.85 bits per heavy atom. The quantitative estimate of drug-likeness (QED) is 0.348. The fourth-order valence-electron chi connectivity index (χ4n) is 4.35. The van der Waals surface area contributed by atoms with Gasteiger partial charge in [-0.05, 0) is 43.5 Å². The Hall–Kier alpha value is -3.26. The van der Waals surface area contributed by atoms with Gasteiger partial charge in [0.2, 0.25) is 11.8 Å². The summed E-state index contributed by atoms with van der Waals surface area (Å²) in [5.41, 5.74) is 1.76. The Kier molecular flexibility index (Phi) is 6.70. The zero-order chi connectivity index (χ0) is 24.5. The van der Waals surface area contributed by atoms with Crippen LogP contribution < -0.4 is 10.6 Å². The number of likely N-dealkylation sites (tertiary alicyclic amines) is 1. The molecule has 3 aromatic rings. The molecule has 1 aliphatic heterocycles. The molecule has 0 bridgehead atoms. The zero-order valence-electron chi connectivity index (χ0n) is 18.7. The highest BCUT2D eigenvalue weighted by molar-refractivity contribution is 7.60. The number of fused-ring (bicyclic) bond motifs is 1. The van der Waals surface area contributed by atoms with Crippen LogP contribution in [0.4, 0.5) is 0 Å². The van der Waals surface area contributed by atoms with Crippen molar-refractivity contribution in [1.29, 1.82) is 0 Å². The van der Waals surface area contributed by atoms with E-state index < -0.39 is 13.6 Å². The van der Waals surface area contributed by atoms with E-state index in [4.69, 9.17) is 0 Å². The topological polar surface area (TPSA) is 129 Å². The molecule has 4 rings (SSSR count). The van der Waals surface area contributed by atoms with Crippen LogP contribution in [0, 0.1) is 0 Å². The number of Topliss-reactive ketones (excluding diaryl/α,β-unsaturated/α-hetero) is 1. The van der Waals surface area contributed by atoms with E-state index >= 15 is 0 Å². The Labute approximate surface area is 196 Å². The number of carbonyl (C=O) groups excluding carboxylic acids is 3. The van der Waals surface area contributed by atoms with E-state index in [1.165, 1.54) is 31.3 Å². The highest BCUT2D eigenvalue weighted by Crippen LogP contribution is 2.35. The summed E-state index contributed by atoms with van der Waals surface area (Å²) < 4.78 is 13.3. The minimum atomic E-state index is -4.50. The van der Waals surface area contributed by atoms with Gasteiger partial charge in [0.15, 0.2) is 5.78 Å². The molecule has 9 nitrogen and oxygen atoms in total. The molecule has 1 saturated heterocycles. The van der Waals surface area contributed by atoms with Gasteiger partial charge in [0.1, 0.15) is 12.6 Å². The van der Waals surface area contributed by atoms with Crippen molar-refractivity contribution in [2.24, 2.45) is 0 Å². The predicted octanol–water partition coefficient (Wildman–Crippen LogP) is 1.95. The Bertz CT molecular complexity index is 1300. The summed E-state index contributed by atoms with van der Waals surface area (Å²) in [6.45, 7) is 2.11. The molecule has 1 atom stereocenters. The van der Waals surface area contributed by atoms with E-state index in [2.05, 4.69) is 5.32 Å². The maximum Gasteiger partial charge on any atom is 0.356 e. The minimum absolute atomic E-state index is 0.0957. The number of benzene rings is 2. The van der Waals surface area contributed by atoms with E-state index in [9.17, 15) is 28.7 Å². The molecule has 178 valence electrons. The second-order valence-electron chi connectivity index (χ2n) is 8.42. The number of hydrogen-bond donors (Lipinski definition) is 3. The molecule has 0 unspecified atom stereocenters. The first kappa shape index (κ1) is 23.9. The number of aromatic nitrogens is 1. The summed E-state index contributed by atoms with van der Waals surface area (Å²) in [6.07, 6.45) is 2.81. The lowest BCUT2D eigenvalue weighted by Gasteiger charge is -2.24. The van der Waals surface area contributed by atoms with Crippen molar-refractivity contribution in [2.45, 2.75) is 38.9 Å². The first-order chi connectivity index (χ1) is 16.1. The molecule has 3 N–H and O–H groups in total. The highest BCUT2D eigenvalue weighted by Gasteiger charge is 2.34. The highest BCUT2D eigenvalue weighted by atomic mass is 31.2. The van der Waals surface area contributed by atoms with Crippen molar-refractivity contribution in [3.63, 3.8) is 0 Å². The monoisotopic (exact) mass is 483 g/mol. The molecule has 0 saturated carbocycles. The third kappa shape index (κ3) is 4.97. The van der Waals surface area contributed by atoms with Crippen LogP contribution in [0.1, 0.15) is 35.7 Å². The molecule has 10 heteroatoms. The fraction of sp³-hybridized carbons (Fsp3) is 0.292. The molecule has 2 aromatic carbocycles.